The molecule has 0 radical (unpaired) electrons. The first-order valence-electron chi connectivity index (χ1n) is 3.62. The van der Waals surface area contributed by atoms with Gasteiger partial charge in [0.05, 0.1) is 12.5 Å². The van der Waals surface area contributed by atoms with E-state index in [1.54, 1.807) is 30.4 Å². The molecule has 0 unspecified atom stereocenters. The summed E-state index contributed by atoms with van der Waals surface area (Å²) in [6.45, 7) is 0. The molecule has 0 saturated carbocycles. The van der Waals surface area contributed by atoms with Crippen molar-refractivity contribution in [2.45, 2.75) is 6.42 Å². The van der Waals surface area contributed by atoms with E-state index in [4.69, 9.17) is 5.26 Å². The van der Waals surface area contributed by atoms with Crippen molar-refractivity contribution in [3.63, 3.8) is 0 Å². The number of halogens is 1. The second-order valence-corrected chi connectivity index (χ2v) is 2.29. The summed E-state index contributed by atoms with van der Waals surface area (Å²) in [5.41, 5.74) is 0.521. The monoisotopic (exact) mass is 161 g/mol. The Bertz CT molecular complexity index is 323. The summed E-state index contributed by atoms with van der Waals surface area (Å²) in [5, 5.41) is 8.22. The molecule has 1 aromatic rings. The maximum atomic E-state index is 12.9. The minimum Gasteiger partial charge on any atom is -0.206 e. The van der Waals surface area contributed by atoms with Crippen molar-refractivity contribution in [2.75, 3.05) is 0 Å². The normalized spacial score (nSPS) is 10.0. The molecule has 1 aromatic carbocycles. The Balaban J connectivity index is 2.77. The number of benzene rings is 1. The van der Waals surface area contributed by atoms with Crippen LogP contribution in [0, 0.1) is 17.1 Å². The summed E-state index contributed by atoms with van der Waals surface area (Å²) >= 11 is 0. The average Bonchev–Trinajstić information content (AvgIpc) is 2.09. The van der Waals surface area contributed by atoms with E-state index in [1.807, 2.05) is 6.07 Å². The molecule has 0 aliphatic carbocycles. The molecule has 0 bridgehead atoms. The van der Waals surface area contributed by atoms with Gasteiger partial charge in [-0.25, -0.2) is 4.39 Å². The highest BCUT2D eigenvalue weighted by Crippen LogP contribution is 2.08. The smallest absolute Gasteiger partial charge is 0.130 e. The van der Waals surface area contributed by atoms with Gasteiger partial charge in [0.15, 0.2) is 0 Å². The van der Waals surface area contributed by atoms with Gasteiger partial charge in [-0.1, -0.05) is 30.4 Å². The summed E-state index contributed by atoms with van der Waals surface area (Å²) in [6.07, 6.45) is 3.56. The van der Waals surface area contributed by atoms with Crippen molar-refractivity contribution in [1.82, 2.24) is 0 Å². The van der Waals surface area contributed by atoms with Crippen LogP contribution in [-0.2, 0) is 0 Å². The fourth-order valence-electron chi connectivity index (χ4n) is 0.849. The molecular weight excluding hydrogens is 153 g/mol. The first-order valence-corrected chi connectivity index (χ1v) is 3.62. The summed E-state index contributed by atoms with van der Waals surface area (Å²) in [7, 11) is 0. The van der Waals surface area contributed by atoms with E-state index in [0.29, 0.717) is 12.0 Å². The zero-order chi connectivity index (χ0) is 8.81. The fraction of sp³-hybridized carbons (Fsp3) is 0.100. The van der Waals surface area contributed by atoms with Gasteiger partial charge in [-0.15, -0.1) is 0 Å². The molecule has 0 amide bonds. The first kappa shape index (κ1) is 8.48. The lowest BCUT2D eigenvalue weighted by Crippen LogP contribution is -1.78. The van der Waals surface area contributed by atoms with Crippen molar-refractivity contribution in [3.05, 3.63) is 41.7 Å². The van der Waals surface area contributed by atoms with Crippen LogP contribution >= 0.6 is 0 Å². The standard InChI is InChI=1S/C10H8FN/c11-10-7-2-1-5-9(10)6-3-4-8-12/h1-3,5-7H,4H2/b6-3+. The quantitative estimate of drug-likeness (QED) is 0.654. The van der Waals surface area contributed by atoms with Crippen LogP contribution in [0.4, 0.5) is 4.39 Å². The predicted molar refractivity (Wildman–Crippen MR) is 45.7 cm³/mol. The van der Waals surface area contributed by atoms with E-state index in [9.17, 15) is 4.39 Å². The molecule has 0 aliphatic heterocycles. The Kier molecular flexibility index (Phi) is 3.04. The lowest BCUT2D eigenvalue weighted by Gasteiger charge is -1.92. The molecule has 0 atom stereocenters. The molecule has 2 heteroatoms. The Morgan fingerprint density at radius 2 is 2.17 bits per heavy atom. The number of rotatable bonds is 2. The molecule has 0 spiro atoms. The maximum Gasteiger partial charge on any atom is 0.130 e. The van der Waals surface area contributed by atoms with Gasteiger partial charge >= 0.3 is 0 Å². The third-order valence-electron chi connectivity index (χ3n) is 1.41. The Hall–Kier alpha value is -1.62. The van der Waals surface area contributed by atoms with Gasteiger partial charge in [0.1, 0.15) is 5.82 Å². The highest BCUT2D eigenvalue weighted by atomic mass is 19.1. The van der Waals surface area contributed by atoms with Gasteiger partial charge < -0.3 is 0 Å². The number of nitriles is 1. The van der Waals surface area contributed by atoms with E-state index in [2.05, 4.69) is 0 Å². The third kappa shape index (κ3) is 2.21. The summed E-state index contributed by atoms with van der Waals surface area (Å²) < 4.78 is 12.9. The average molecular weight is 161 g/mol. The molecule has 0 aromatic heterocycles. The van der Waals surface area contributed by atoms with E-state index in [-0.39, 0.29) is 5.82 Å². The zero-order valence-electron chi connectivity index (χ0n) is 6.50. The number of hydrogen-bond donors (Lipinski definition) is 0. The van der Waals surface area contributed by atoms with Gasteiger partial charge in [0.2, 0.25) is 0 Å². The minimum atomic E-state index is -0.258. The molecule has 0 fully saturated rings. The van der Waals surface area contributed by atoms with Gasteiger partial charge in [-0.05, 0) is 6.07 Å². The van der Waals surface area contributed by atoms with Gasteiger partial charge in [0, 0.05) is 5.56 Å². The molecule has 1 nitrogen and oxygen atoms in total. The molecular formula is C10H8FN. The molecule has 0 N–H and O–H groups in total. The zero-order valence-corrected chi connectivity index (χ0v) is 6.50. The van der Waals surface area contributed by atoms with Crippen molar-refractivity contribution in [3.8, 4) is 6.07 Å². The third-order valence-corrected chi connectivity index (χ3v) is 1.41. The summed E-state index contributed by atoms with van der Waals surface area (Å²) in [6, 6.07) is 8.41. The van der Waals surface area contributed by atoms with Crippen molar-refractivity contribution in [2.24, 2.45) is 0 Å². The van der Waals surface area contributed by atoms with Crippen LogP contribution in [0.15, 0.2) is 30.3 Å². The van der Waals surface area contributed by atoms with Crippen LogP contribution < -0.4 is 0 Å². The molecule has 60 valence electrons. The van der Waals surface area contributed by atoms with Crippen LogP contribution in [0.1, 0.15) is 12.0 Å². The Morgan fingerprint density at radius 1 is 1.42 bits per heavy atom. The van der Waals surface area contributed by atoms with Crippen molar-refractivity contribution >= 4 is 6.08 Å². The highest BCUT2D eigenvalue weighted by molar-refractivity contribution is 5.49. The van der Waals surface area contributed by atoms with Crippen LogP contribution in [0.25, 0.3) is 6.08 Å². The number of nitrogens with zero attached hydrogens (tertiary/aromatic N) is 1. The minimum absolute atomic E-state index is 0.258. The first-order chi connectivity index (χ1) is 5.84. The molecule has 0 heterocycles. The van der Waals surface area contributed by atoms with E-state index in [0.717, 1.165) is 0 Å². The van der Waals surface area contributed by atoms with Crippen LogP contribution in [0.5, 0.6) is 0 Å². The van der Waals surface area contributed by atoms with Gasteiger partial charge in [0.25, 0.3) is 0 Å². The maximum absolute atomic E-state index is 12.9. The fourth-order valence-corrected chi connectivity index (χ4v) is 0.849. The predicted octanol–water partition coefficient (Wildman–Crippen LogP) is 2.75. The number of allylic oxidation sites excluding steroid dienone is 1. The molecule has 1 rings (SSSR count). The Morgan fingerprint density at radius 3 is 2.83 bits per heavy atom. The largest absolute Gasteiger partial charge is 0.206 e. The topological polar surface area (TPSA) is 23.8 Å². The van der Waals surface area contributed by atoms with Crippen molar-refractivity contribution < 1.29 is 4.39 Å². The summed E-state index contributed by atoms with van der Waals surface area (Å²) in [4.78, 5) is 0. The molecule has 12 heavy (non-hydrogen) atoms. The second kappa shape index (κ2) is 4.30. The van der Waals surface area contributed by atoms with Gasteiger partial charge in [-0.2, -0.15) is 5.26 Å². The number of hydrogen-bond acceptors (Lipinski definition) is 1. The Labute approximate surface area is 70.8 Å². The van der Waals surface area contributed by atoms with Crippen LogP contribution in [0.2, 0.25) is 0 Å². The van der Waals surface area contributed by atoms with E-state index < -0.39 is 0 Å². The highest BCUT2D eigenvalue weighted by Gasteiger charge is 1.93. The van der Waals surface area contributed by atoms with E-state index in [1.165, 1.54) is 6.07 Å². The second-order valence-electron chi connectivity index (χ2n) is 2.29. The van der Waals surface area contributed by atoms with Gasteiger partial charge in [-0.3, -0.25) is 0 Å². The molecule has 0 saturated heterocycles. The lowest BCUT2D eigenvalue weighted by atomic mass is 10.2. The summed E-state index contributed by atoms with van der Waals surface area (Å²) in [5.74, 6) is -0.258. The van der Waals surface area contributed by atoms with E-state index >= 15 is 0 Å². The van der Waals surface area contributed by atoms with Crippen molar-refractivity contribution in [1.29, 1.82) is 5.26 Å². The lowest BCUT2D eigenvalue weighted by molar-refractivity contribution is 0.625. The SMILES string of the molecule is N#CC/C=C/c1ccccc1F. The van der Waals surface area contributed by atoms with Crippen LogP contribution in [-0.4, -0.2) is 0 Å². The molecule has 0 aliphatic rings. The van der Waals surface area contributed by atoms with Crippen LogP contribution in [0.3, 0.4) is 0 Å².